The molecule has 0 N–H and O–H groups in total. The van der Waals surface area contributed by atoms with Gasteiger partial charge in [-0.25, -0.2) is 0 Å². The first-order valence-corrected chi connectivity index (χ1v) is 4.87. The molecule has 0 aliphatic carbocycles. The lowest BCUT2D eigenvalue weighted by Gasteiger charge is -2.05. The van der Waals surface area contributed by atoms with E-state index >= 15 is 0 Å². The number of aromatic nitrogens is 2. The Labute approximate surface area is 98.2 Å². The third-order valence-electron chi connectivity index (χ3n) is 2.08. The van der Waals surface area contributed by atoms with Crippen LogP contribution in [0.25, 0.3) is 0 Å². The molecule has 0 atom stereocenters. The molecule has 0 aliphatic heterocycles. The molecule has 0 spiro atoms. The Kier molecular flexibility index (Phi) is 3.17. The van der Waals surface area contributed by atoms with Crippen molar-refractivity contribution in [3.63, 3.8) is 0 Å². The van der Waals surface area contributed by atoms with Gasteiger partial charge in [0.2, 0.25) is 0 Å². The second kappa shape index (κ2) is 4.94. The molecule has 0 aliphatic rings. The zero-order valence-corrected chi connectivity index (χ0v) is 9.12. The summed E-state index contributed by atoms with van der Waals surface area (Å²) < 4.78 is 10.5. The van der Waals surface area contributed by atoms with Crippen molar-refractivity contribution in [2.45, 2.75) is 0 Å². The fraction of sp³-hybridized carbons (Fsp3) is 0.0833. The van der Waals surface area contributed by atoms with Crippen LogP contribution in [0.2, 0.25) is 0 Å². The van der Waals surface area contributed by atoms with Crippen LogP contribution in [0.15, 0.2) is 36.5 Å². The van der Waals surface area contributed by atoms with Crippen molar-refractivity contribution in [3.8, 4) is 23.4 Å². The second-order valence-corrected chi connectivity index (χ2v) is 3.14. The molecule has 1 heterocycles. The van der Waals surface area contributed by atoms with Crippen molar-refractivity contribution >= 4 is 0 Å². The van der Waals surface area contributed by atoms with E-state index in [1.54, 1.807) is 37.4 Å². The molecule has 17 heavy (non-hydrogen) atoms. The number of hydrogen-bond donors (Lipinski definition) is 0. The maximum absolute atomic E-state index is 8.86. The highest BCUT2D eigenvalue weighted by Gasteiger charge is 2.05. The summed E-state index contributed by atoms with van der Waals surface area (Å²) in [5.74, 6) is 1.50. The lowest BCUT2D eigenvalue weighted by Crippen LogP contribution is -1.93. The molecule has 84 valence electrons. The summed E-state index contributed by atoms with van der Waals surface area (Å²) in [6, 6.07) is 10.5. The second-order valence-electron chi connectivity index (χ2n) is 3.14. The van der Waals surface area contributed by atoms with Crippen molar-refractivity contribution < 1.29 is 9.47 Å². The van der Waals surface area contributed by atoms with Crippen LogP contribution >= 0.6 is 0 Å². The topological polar surface area (TPSA) is 68.0 Å². The Morgan fingerprint density at radius 2 is 1.82 bits per heavy atom. The first kappa shape index (κ1) is 10.9. The van der Waals surface area contributed by atoms with Crippen molar-refractivity contribution in [1.29, 1.82) is 5.26 Å². The minimum atomic E-state index is 0.195. The number of rotatable bonds is 3. The highest BCUT2D eigenvalue weighted by Crippen LogP contribution is 2.23. The monoisotopic (exact) mass is 227 g/mol. The van der Waals surface area contributed by atoms with E-state index in [2.05, 4.69) is 10.2 Å². The van der Waals surface area contributed by atoms with Gasteiger partial charge in [-0.1, -0.05) is 0 Å². The van der Waals surface area contributed by atoms with Gasteiger partial charge in [0.1, 0.15) is 23.1 Å². The summed E-state index contributed by atoms with van der Waals surface area (Å²) in [5, 5.41) is 16.3. The van der Waals surface area contributed by atoms with Crippen molar-refractivity contribution in [1.82, 2.24) is 10.2 Å². The third-order valence-corrected chi connectivity index (χ3v) is 2.08. The zero-order valence-electron chi connectivity index (χ0n) is 9.12. The zero-order chi connectivity index (χ0) is 12.1. The van der Waals surface area contributed by atoms with Gasteiger partial charge in [-0.15, -0.1) is 5.10 Å². The van der Waals surface area contributed by atoms with Crippen molar-refractivity contribution in [2.24, 2.45) is 0 Å². The van der Waals surface area contributed by atoms with Crippen LogP contribution in [0.3, 0.4) is 0 Å². The molecule has 1 aromatic heterocycles. The first-order chi connectivity index (χ1) is 8.33. The van der Waals surface area contributed by atoms with Crippen molar-refractivity contribution in [3.05, 3.63) is 42.1 Å². The van der Waals surface area contributed by atoms with E-state index in [1.165, 1.54) is 6.20 Å². The Hall–Kier alpha value is -2.61. The van der Waals surface area contributed by atoms with E-state index in [1.807, 2.05) is 6.07 Å². The number of methoxy groups -OCH3 is 1. The van der Waals surface area contributed by atoms with E-state index < -0.39 is 0 Å². The standard InChI is InChI=1S/C12H9N3O2/c1-16-10-2-4-11(5-3-10)17-12-9(8-13)6-7-14-15-12/h2-7H,1H3. The van der Waals surface area contributed by atoms with Crippen LogP contribution in [-0.2, 0) is 0 Å². The molecule has 2 rings (SSSR count). The summed E-state index contributed by atoms with van der Waals surface area (Å²) >= 11 is 0. The molecule has 5 heteroatoms. The predicted octanol–water partition coefficient (Wildman–Crippen LogP) is 2.15. The predicted molar refractivity (Wildman–Crippen MR) is 59.8 cm³/mol. The Bertz CT molecular complexity index is 546. The molecule has 0 radical (unpaired) electrons. The van der Waals surface area contributed by atoms with Crippen LogP contribution in [0, 0.1) is 11.3 Å². The molecule has 2 aromatic rings. The minimum absolute atomic E-state index is 0.195. The SMILES string of the molecule is COc1ccc(Oc2nnccc2C#N)cc1. The molecule has 0 bridgehead atoms. The lowest BCUT2D eigenvalue weighted by molar-refractivity contribution is 0.411. The van der Waals surface area contributed by atoms with Gasteiger partial charge in [0.25, 0.3) is 5.88 Å². The molecule has 0 fully saturated rings. The summed E-state index contributed by atoms with van der Waals surface area (Å²) in [4.78, 5) is 0. The summed E-state index contributed by atoms with van der Waals surface area (Å²) in [5.41, 5.74) is 0.343. The fourth-order valence-electron chi connectivity index (χ4n) is 1.23. The van der Waals surface area contributed by atoms with Gasteiger partial charge in [0, 0.05) is 0 Å². The smallest absolute Gasteiger partial charge is 0.256 e. The Balaban J connectivity index is 2.23. The van der Waals surface area contributed by atoms with Gasteiger partial charge in [-0.3, -0.25) is 0 Å². The minimum Gasteiger partial charge on any atom is -0.497 e. The number of ether oxygens (including phenoxy) is 2. The number of benzene rings is 1. The van der Waals surface area contributed by atoms with E-state index in [9.17, 15) is 0 Å². The van der Waals surface area contributed by atoms with E-state index in [-0.39, 0.29) is 5.88 Å². The molecule has 0 amide bonds. The molecule has 0 saturated heterocycles. The third kappa shape index (κ3) is 2.49. The summed E-state index contributed by atoms with van der Waals surface area (Å²) in [7, 11) is 1.59. The van der Waals surface area contributed by atoms with Gasteiger partial charge in [-0.2, -0.15) is 10.4 Å². The maximum atomic E-state index is 8.86. The normalized spacial score (nSPS) is 9.41. The van der Waals surface area contributed by atoms with Crippen LogP contribution < -0.4 is 9.47 Å². The van der Waals surface area contributed by atoms with Gasteiger partial charge in [0.05, 0.1) is 13.3 Å². The Morgan fingerprint density at radius 1 is 1.12 bits per heavy atom. The van der Waals surface area contributed by atoms with E-state index in [0.29, 0.717) is 11.3 Å². The molecular formula is C12H9N3O2. The number of nitrogens with zero attached hydrogens (tertiary/aromatic N) is 3. The van der Waals surface area contributed by atoms with Crippen LogP contribution in [0.4, 0.5) is 0 Å². The van der Waals surface area contributed by atoms with Gasteiger partial charge in [-0.05, 0) is 30.3 Å². The summed E-state index contributed by atoms with van der Waals surface area (Å²) in [6.45, 7) is 0. The lowest BCUT2D eigenvalue weighted by atomic mass is 10.3. The van der Waals surface area contributed by atoms with Gasteiger partial charge < -0.3 is 9.47 Å². The van der Waals surface area contributed by atoms with Crippen LogP contribution in [-0.4, -0.2) is 17.3 Å². The molecule has 1 aromatic carbocycles. The number of nitriles is 1. The average Bonchev–Trinajstić information content (AvgIpc) is 2.40. The highest BCUT2D eigenvalue weighted by atomic mass is 16.5. The molecular weight excluding hydrogens is 218 g/mol. The van der Waals surface area contributed by atoms with Gasteiger partial charge >= 0.3 is 0 Å². The first-order valence-electron chi connectivity index (χ1n) is 4.87. The van der Waals surface area contributed by atoms with Crippen molar-refractivity contribution in [2.75, 3.05) is 7.11 Å². The highest BCUT2D eigenvalue weighted by molar-refractivity contribution is 5.40. The van der Waals surface area contributed by atoms with E-state index in [0.717, 1.165) is 5.75 Å². The Morgan fingerprint density at radius 3 is 2.47 bits per heavy atom. The molecule has 0 saturated carbocycles. The fourth-order valence-corrected chi connectivity index (χ4v) is 1.23. The summed E-state index contributed by atoms with van der Waals surface area (Å²) in [6.07, 6.45) is 1.44. The quantitative estimate of drug-likeness (QED) is 0.803. The van der Waals surface area contributed by atoms with Crippen LogP contribution in [0.1, 0.15) is 5.56 Å². The van der Waals surface area contributed by atoms with E-state index in [4.69, 9.17) is 14.7 Å². The number of hydrogen-bond acceptors (Lipinski definition) is 5. The van der Waals surface area contributed by atoms with Gasteiger partial charge in [0.15, 0.2) is 0 Å². The van der Waals surface area contributed by atoms with Crippen LogP contribution in [0.5, 0.6) is 17.4 Å². The largest absolute Gasteiger partial charge is 0.497 e. The molecule has 5 nitrogen and oxygen atoms in total. The molecule has 0 unspecified atom stereocenters. The average molecular weight is 227 g/mol. The maximum Gasteiger partial charge on any atom is 0.256 e.